The van der Waals surface area contributed by atoms with Gasteiger partial charge in [-0.2, -0.15) is 4.98 Å². The summed E-state index contributed by atoms with van der Waals surface area (Å²) in [5, 5.41) is 9.82. The van der Waals surface area contributed by atoms with Gasteiger partial charge in [-0.05, 0) is 63.5 Å². The first-order valence-electron chi connectivity index (χ1n) is 11.1. The molecular formula is C22H29Cl2N7O. The Hall–Kier alpha value is -2.32. The van der Waals surface area contributed by atoms with E-state index in [0.29, 0.717) is 11.7 Å². The Morgan fingerprint density at radius 3 is 2.31 bits per heavy atom. The molecule has 0 bridgehead atoms. The first-order valence-corrected chi connectivity index (χ1v) is 11.9. The van der Waals surface area contributed by atoms with Crippen LogP contribution in [-0.2, 0) is 12.8 Å². The molecule has 8 nitrogen and oxygen atoms in total. The van der Waals surface area contributed by atoms with E-state index in [-0.39, 0.29) is 22.4 Å². The van der Waals surface area contributed by atoms with Crippen molar-refractivity contribution in [3.05, 3.63) is 33.7 Å². The third-order valence-corrected chi connectivity index (χ3v) is 6.39. The quantitative estimate of drug-likeness (QED) is 0.541. The van der Waals surface area contributed by atoms with Gasteiger partial charge < -0.3 is 20.9 Å². The lowest BCUT2D eigenvalue weighted by Gasteiger charge is -2.30. The number of carbonyl (C=O) groups is 1. The normalized spacial score (nSPS) is 20.2. The van der Waals surface area contributed by atoms with Crippen LogP contribution in [0.3, 0.4) is 0 Å². The molecule has 32 heavy (non-hydrogen) atoms. The van der Waals surface area contributed by atoms with Crippen molar-refractivity contribution in [2.45, 2.75) is 63.5 Å². The summed E-state index contributed by atoms with van der Waals surface area (Å²) in [7, 11) is 4.08. The molecule has 10 heteroatoms. The van der Waals surface area contributed by atoms with Crippen LogP contribution in [-0.4, -0.2) is 47.2 Å². The van der Waals surface area contributed by atoms with E-state index in [9.17, 15) is 4.79 Å². The van der Waals surface area contributed by atoms with E-state index >= 15 is 0 Å². The minimum atomic E-state index is -0.270. The van der Waals surface area contributed by atoms with Crippen LogP contribution in [0.1, 0.15) is 49.8 Å². The van der Waals surface area contributed by atoms with Crippen LogP contribution >= 0.6 is 23.2 Å². The summed E-state index contributed by atoms with van der Waals surface area (Å²) in [6.45, 7) is 0. The summed E-state index contributed by atoms with van der Waals surface area (Å²) in [6.07, 6.45) is 8.11. The highest BCUT2D eigenvalue weighted by Gasteiger charge is 2.25. The highest BCUT2D eigenvalue weighted by Crippen LogP contribution is 2.29. The highest BCUT2D eigenvalue weighted by atomic mass is 35.5. The smallest absolute Gasteiger partial charge is 0.319 e. The van der Waals surface area contributed by atoms with Crippen LogP contribution in [0.4, 0.5) is 22.2 Å². The minimum absolute atomic E-state index is 0.114. The average Bonchev–Trinajstić information content (AvgIpc) is 2.73. The van der Waals surface area contributed by atoms with Gasteiger partial charge in [0.2, 0.25) is 5.95 Å². The van der Waals surface area contributed by atoms with E-state index in [1.54, 1.807) is 12.1 Å². The van der Waals surface area contributed by atoms with Crippen molar-refractivity contribution in [1.29, 1.82) is 0 Å². The van der Waals surface area contributed by atoms with Crippen molar-refractivity contribution in [2.24, 2.45) is 0 Å². The number of pyridine rings is 1. The van der Waals surface area contributed by atoms with Crippen molar-refractivity contribution in [3.63, 3.8) is 0 Å². The standard InChI is InChI=1S/C22H29Cl2N7O/c1-31(2)20-16-5-3-4-6-17(16)28-21(30-20)25-13-7-9-14(10-8-13)26-22(32)27-15-11-18(23)29-19(24)12-15/h11-14H,3-10H2,1-2H3,(H,25,28,30)(H2,26,27,29,32)/t13-,14+. The second-order valence-electron chi connectivity index (χ2n) is 8.69. The lowest BCUT2D eigenvalue weighted by Crippen LogP contribution is -2.42. The van der Waals surface area contributed by atoms with E-state index in [0.717, 1.165) is 50.3 Å². The second kappa shape index (κ2) is 10.1. The molecular weight excluding hydrogens is 449 g/mol. The number of rotatable bonds is 5. The molecule has 2 aromatic heterocycles. The summed E-state index contributed by atoms with van der Waals surface area (Å²) in [6, 6.07) is 3.27. The van der Waals surface area contributed by atoms with E-state index in [1.165, 1.54) is 24.1 Å². The number of aryl methyl sites for hydroxylation is 1. The molecule has 3 N–H and O–H groups in total. The number of amides is 2. The summed E-state index contributed by atoms with van der Waals surface area (Å²) >= 11 is 11.8. The second-order valence-corrected chi connectivity index (χ2v) is 9.46. The van der Waals surface area contributed by atoms with Crippen LogP contribution in [0.15, 0.2) is 12.1 Å². The van der Waals surface area contributed by atoms with Gasteiger partial charge in [0.1, 0.15) is 16.1 Å². The van der Waals surface area contributed by atoms with Gasteiger partial charge >= 0.3 is 6.03 Å². The lowest BCUT2D eigenvalue weighted by molar-refractivity contribution is 0.243. The number of carbonyl (C=O) groups excluding carboxylic acids is 1. The number of hydrogen-bond acceptors (Lipinski definition) is 6. The molecule has 0 aliphatic heterocycles. The molecule has 0 spiro atoms. The fourth-order valence-electron chi connectivity index (χ4n) is 4.46. The molecule has 0 saturated heterocycles. The Balaban J connectivity index is 1.30. The number of aromatic nitrogens is 3. The molecule has 0 atom stereocenters. The van der Waals surface area contributed by atoms with E-state index in [4.69, 9.17) is 33.2 Å². The van der Waals surface area contributed by atoms with Crippen LogP contribution in [0, 0.1) is 0 Å². The Morgan fingerprint density at radius 2 is 1.62 bits per heavy atom. The first kappa shape index (κ1) is 22.9. The molecule has 0 radical (unpaired) electrons. The zero-order valence-corrected chi connectivity index (χ0v) is 19.9. The molecule has 2 amide bonds. The number of urea groups is 1. The number of nitrogens with one attached hydrogen (secondary N) is 3. The van der Waals surface area contributed by atoms with Gasteiger partial charge in [0, 0.05) is 37.4 Å². The number of halogens is 2. The third-order valence-electron chi connectivity index (χ3n) is 6.00. The number of anilines is 3. The Bertz CT molecular complexity index is 957. The van der Waals surface area contributed by atoms with Crippen molar-refractivity contribution in [1.82, 2.24) is 20.3 Å². The van der Waals surface area contributed by atoms with E-state index in [1.807, 2.05) is 14.1 Å². The molecule has 2 heterocycles. The van der Waals surface area contributed by atoms with E-state index in [2.05, 4.69) is 25.8 Å². The maximum atomic E-state index is 12.3. The largest absolute Gasteiger partial charge is 0.362 e. The van der Waals surface area contributed by atoms with Crippen molar-refractivity contribution < 1.29 is 4.79 Å². The summed E-state index contributed by atoms with van der Waals surface area (Å²) in [4.78, 5) is 27.9. The topological polar surface area (TPSA) is 95.1 Å². The molecule has 0 aromatic carbocycles. The van der Waals surface area contributed by atoms with Gasteiger partial charge in [-0.3, -0.25) is 0 Å². The van der Waals surface area contributed by atoms with Crippen molar-refractivity contribution >= 4 is 46.7 Å². The Morgan fingerprint density at radius 1 is 0.969 bits per heavy atom. The summed E-state index contributed by atoms with van der Waals surface area (Å²) in [5.41, 5.74) is 2.99. The van der Waals surface area contributed by atoms with Gasteiger partial charge in [0.05, 0.1) is 5.69 Å². The molecule has 172 valence electrons. The van der Waals surface area contributed by atoms with Crippen LogP contribution in [0.5, 0.6) is 0 Å². The number of fused-ring (bicyclic) bond motifs is 1. The summed E-state index contributed by atoms with van der Waals surface area (Å²) < 4.78 is 0. The number of nitrogens with zero attached hydrogens (tertiary/aromatic N) is 4. The molecule has 2 aromatic rings. The van der Waals surface area contributed by atoms with Crippen LogP contribution in [0.25, 0.3) is 0 Å². The zero-order chi connectivity index (χ0) is 22.7. The minimum Gasteiger partial charge on any atom is -0.362 e. The SMILES string of the molecule is CN(C)c1nc(N[C@H]2CC[C@@H](NC(=O)Nc3cc(Cl)nc(Cl)c3)CC2)nc2c1CCCC2. The van der Waals surface area contributed by atoms with Gasteiger partial charge in [0.25, 0.3) is 0 Å². The predicted octanol–water partition coefficient (Wildman–Crippen LogP) is 4.67. The molecule has 2 aliphatic rings. The van der Waals surface area contributed by atoms with Crippen LogP contribution < -0.4 is 20.9 Å². The van der Waals surface area contributed by atoms with Crippen molar-refractivity contribution in [3.8, 4) is 0 Å². The molecule has 1 fully saturated rings. The maximum absolute atomic E-state index is 12.3. The fourth-order valence-corrected chi connectivity index (χ4v) is 4.92. The van der Waals surface area contributed by atoms with E-state index < -0.39 is 0 Å². The molecule has 2 aliphatic carbocycles. The van der Waals surface area contributed by atoms with Gasteiger partial charge in [-0.1, -0.05) is 23.2 Å². The predicted molar refractivity (Wildman–Crippen MR) is 129 cm³/mol. The Kier molecular flexibility index (Phi) is 7.20. The molecule has 1 saturated carbocycles. The highest BCUT2D eigenvalue weighted by molar-refractivity contribution is 6.32. The van der Waals surface area contributed by atoms with Crippen LogP contribution in [0.2, 0.25) is 10.3 Å². The Labute approximate surface area is 198 Å². The first-order chi connectivity index (χ1) is 15.4. The number of hydrogen-bond donors (Lipinski definition) is 3. The average molecular weight is 478 g/mol. The third kappa shape index (κ3) is 5.72. The van der Waals surface area contributed by atoms with Crippen molar-refractivity contribution in [2.75, 3.05) is 29.6 Å². The maximum Gasteiger partial charge on any atom is 0.319 e. The van der Waals surface area contributed by atoms with Gasteiger partial charge in [-0.25, -0.2) is 14.8 Å². The zero-order valence-electron chi connectivity index (χ0n) is 18.4. The molecule has 4 rings (SSSR count). The van der Waals surface area contributed by atoms with Gasteiger partial charge in [-0.15, -0.1) is 0 Å². The summed E-state index contributed by atoms with van der Waals surface area (Å²) in [5.74, 6) is 1.75. The monoisotopic (exact) mass is 477 g/mol. The van der Waals surface area contributed by atoms with Gasteiger partial charge in [0.15, 0.2) is 0 Å². The molecule has 0 unspecified atom stereocenters. The lowest BCUT2D eigenvalue weighted by atomic mass is 9.91. The fraction of sp³-hybridized carbons (Fsp3) is 0.545.